The van der Waals surface area contributed by atoms with Crippen LogP contribution in [0, 0.1) is 39.9 Å². The van der Waals surface area contributed by atoms with E-state index in [1.807, 2.05) is 0 Å². The molecule has 0 aromatic carbocycles. The monoisotopic (exact) mass is 287 g/mol. The van der Waals surface area contributed by atoms with Gasteiger partial charge in [0.15, 0.2) is 0 Å². The third-order valence-electron chi connectivity index (χ3n) is 8.02. The maximum atomic E-state index is 10.5. The zero-order valence-electron chi connectivity index (χ0n) is 13.4. The Morgan fingerprint density at radius 2 is 1.90 bits per heavy atom. The second-order valence-electron chi connectivity index (χ2n) is 8.72. The van der Waals surface area contributed by atoms with Crippen LogP contribution in [0.2, 0.25) is 0 Å². The molecule has 4 aliphatic rings. The lowest BCUT2D eigenvalue weighted by atomic mass is 9.46. The molecule has 0 aromatic rings. The first-order chi connectivity index (χ1) is 9.95. The Labute approximate surface area is 128 Å². The lowest BCUT2D eigenvalue weighted by Gasteiger charge is -2.58. The van der Waals surface area contributed by atoms with Crippen molar-refractivity contribution < 1.29 is 5.11 Å². The lowest BCUT2D eigenvalue weighted by molar-refractivity contribution is -0.0913. The van der Waals surface area contributed by atoms with Gasteiger partial charge in [0.25, 0.3) is 0 Å². The van der Waals surface area contributed by atoms with Crippen LogP contribution < -0.4 is 0 Å². The number of aliphatic hydroxyl groups is 1. The van der Waals surface area contributed by atoms with E-state index in [9.17, 15) is 5.11 Å². The highest BCUT2D eigenvalue weighted by atomic mass is 16.3. The second kappa shape index (κ2) is 4.44. The van der Waals surface area contributed by atoms with Gasteiger partial charge in [-0.2, -0.15) is 0 Å². The summed E-state index contributed by atoms with van der Waals surface area (Å²) in [4.78, 5) is 0. The Morgan fingerprint density at radius 1 is 1.10 bits per heavy atom. The molecule has 4 aliphatic carbocycles. The molecule has 2 N–H and O–H groups in total. The minimum atomic E-state index is -0.0657. The van der Waals surface area contributed by atoms with Crippen molar-refractivity contribution in [3.05, 3.63) is 12.2 Å². The van der Waals surface area contributed by atoms with Gasteiger partial charge in [-0.25, -0.2) is 0 Å². The minimum absolute atomic E-state index is 0.0657. The van der Waals surface area contributed by atoms with Gasteiger partial charge in [0.05, 0.1) is 6.10 Å². The summed E-state index contributed by atoms with van der Waals surface area (Å²) in [5.74, 6) is 3.01. The second-order valence-corrected chi connectivity index (χ2v) is 8.72. The molecule has 2 unspecified atom stereocenters. The van der Waals surface area contributed by atoms with E-state index < -0.39 is 0 Å². The Hall–Kier alpha value is -0.630. The smallest absolute Gasteiger partial charge is 0.0596 e. The minimum Gasteiger partial charge on any atom is -0.393 e. The summed E-state index contributed by atoms with van der Waals surface area (Å²) < 4.78 is 0. The van der Waals surface area contributed by atoms with E-state index in [0.717, 1.165) is 36.3 Å². The fourth-order valence-electron chi connectivity index (χ4n) is 6.64. The molecule has 3 fully saturated rings. The van der Waals surface area contributed by atoms with Crippen molar-refractivity contribution in [3.8, 4) is 0 Å². The highest BCUT2D eigenvalue weighted by Crippen LogP contribution is 2.64. The van der Waals surface area contributed by atoms with Gasteiger partial charge < -0.3 is 10.5 Å². The number of hydrogen-bond acceptors (Lipinski definition) is 2. The third kappa shape index (κ3) is 1.78. The van der Waals surface area contributed by atoms with E-state index in [1.54, 1.807) is 0 Å². The van der Waals surface area contributed by atoms with Crippen LogP contribution in [0.3, 0.4) is 0 Å². The van der Waals surface area contributed by atoms with E-state index in [4.69, 9.17) is 5.41 Å². The molecule has 0 amide bonds. The van der Waals surface area contributed by atoms with Gasteiger partial charge in [-0.3, -0.25) is 0 Å². The summed E-state index contributed by atoms with van der Waals surface area (Å²) in [6, 6.07) is 0. The Balaban J connectivity index is 1.68. The number of hydrogen-bond donors (Lipinski definition) is 2. The Kier molecular flexibility index (Phi) is 2.96. The first kappa shape index (κ1) is 14.0. The summed E-state index contributed by atoms with van der Waals surface area (Å²) in [5.41, 5.74) is 1.32. The lowest BCUT2D eigenvalue weighted by Crippen LogP contribution is -2.52. The molecule has 4 rings (SSSR count). The van der Waals surface area contributed by atoms with Crippen LogP contribution in [0.5, 0.6) is 0 Å². The highest BCUT2D eigenvalue weighted by Gasteiger charge is 2.59. The molecular formula is C19H29NO. The summed E-state index contributed by atoms with van der Waals surface area (Å²) in [6.07, 6.45) is 12.7. The van der Waals surface area contributed by atoms with Crippen LogP contribution in [0.25, 0.3) is 0 Å². The molecule has 21 heavy (non-hydrogen) atoms. The van der Waals surface area contributed by atoms with Gasteiger partial charge in [0.2, 0.25) is 0 Å². The van der Waals surface area contributed by atoms with Crippen molar-refractivity contribution in [1.82, 2.24) is 0 Å². The summed E-state index contributed by atoms with van der Waals surface area (Å²) in [7, 11) is 0. The molecule has 0 spiro atoms. The molecule has 0 aliphatic heterocycles. The predicted molar refractivity (Wildman–Crippen MR) is 85.4 cm³/mol. The van der Waals surface area contributed by atoms with Gasteiger partial charge in [-0.05, 0) is 85.5 Å². The number of fused-ring (bicyclic) bond motifs is 5. The van der Waals surface area contributed by atoms with Crippen molar-refractivity contribution >= 4 is 5.71 Å². The van der Waals surface area contributed by atoms with Crippen LogP contribution in [-0.4, -0.2) is 16.9 Å². The van der Waals surface area contributed by atoms with Crippen molar-refractivity contribution in [2.45, 2.75) is 64.9 Å². The van der Waals surface area contributed by atoms with Gasteiger partial charge in [-0.1, -0.05) is 19.9 Å². The SMILES string of the molecule is C[C@]12C=CC(=N)CC1CC[C@@H]1[C@H]2CC[C@]2(C)C(O)CC[C@@H]12. The van der Waals surface area contributed by atoms with Gasteiger partial charge >= 0.3 is 0 Å². The predicted octanol–water partition coefficient (Wildman–Crippen LogP) is 4.19. The zero-order valence-corrected chi connectivity index (χ0v) is 13.4. The van der Waals surface area contributed by atoms with E-state index in [2.05, 4.69) is 26.0 Å². The van der Waals surface area contributed by atoms with Gasteiger partial charge in [-0.15, -0.1) is 0 Å². The molecule has 3 saturated carbocycles. The van der Waals surface area contributed by atoms with E-state index in [1.165, 1.54) is 32.1 Å². The molecule has 7 atom stereocenters. The molecule has 0 aromatic heterocycles. The number of rotatable bonds is 0. The molecular weight excluding hydrogens is 258 g/mol. The van der Waals surface area contributed by atoms with Crippen molar-refractivity contribution in [3.63, 3.8) is 0 Å². The Bertz CT molecular complexity index is 498. The first-order valence-electron chi connectivity index (χ1n) is 8.90. The number of allylic oxidation sites excluding steroid dienone is 2. The fraction of sp³-hybridized carbons (Fsp3) is 0.842. The van der Waals surface area contributed by atoms with E-state index >= 15 is 0 Å². The van der Waals surface area contributed by atoms with Crippen LogP contribution in [0.15, 0.2) is 12.2 Å². The molecule has 0 radical (unpaired) electrons. The topological polar surface area (TPSA) is 44.1 Å². The molecule has 2 heteroatoms. The third-order valence-corrected chi connectivity index (χ3v) is 8.02. The average Bonchev–Trinajstić information content (AvgIpc) is 2.76. The molecule has 2 nitrogen and oxygen atoms in total. The van der Waals surface area contributed by atoms with Crippen molar-refractivity contribution in [1.29, 1.82) is 5.41 Å². The average molecular weight is 287 g/mol. The summed E-state index contributed by atoms with van der Waals surface area (Å²) in [6.45, 7) is 4.82. The Morgan fingerprint density at radius 3 is 2.71 bits per heavy atom. The largest absolute Gasteiger partial charge is 0.393 e. The molecule has 0 saturated heterocycles. The quantitative estimate of drug-likeness (QED) is 0.689. The fourth-order valence-corrected chi connectivity index (χ4v) is 6.64. The molecule has 0 bridgehead atoms. The molecule has 116 valence electrons. The van der Waals surface area contributed by atoms with Crippen molar-refractivity contribution in [2.75, 3.05) is 0 Å². The van der Waals surface area contributed by atoms with Crippen LogP contribution in [0.1, 0.15) is 58.8 Å². The zero-order chi connectivity index (χ0) is 14.8. The summed E-state index contributed by atoms with van der Waals surface area (Å²) >= 11 is 0. The van der Waals surface area contributed by atoms with E-state index in [-0.39, 0.29) is 11.5 Å². The first-order valence-corrected chi connectivity index (χ1v) is 8.90. The number of nitrogens with one attached hydrogen (secondary N) is 1. The van der Waals surface area contributed by atoms with Crippen LogP contribution >= 0.6 is 0 Å². The van der Waals surface area contributed by atoms with Crippen LogP contribution in [0.4, 0.5) is 0 Å². The maximum Gasteiger partial charge on any atom is 0.0596 e. The maximum absolute atomic E-state index is 10.5. The standard InChI is InChI=1S/C19H29NO/c1-18-9-7-13(20)11-12(18)3-4-14-15-5-6-17(21)19(15,2)10-8-16(14)18/h7,9,12,14-17,20-21H,3-6,8,10-11H2,1-2H3/t12?,14-,15-,16+,17?,18-,19-/m0/s1. The summed E-state index contributed by atoms with van der Waals surface area (Å²) in [5, 5.41) is 18.4. The van der Waals surface area contributed by atoms with Gasteiger partial charge in [0, 0.05) is 5.71 Å². The highest BCUT2D eigenvalue weighted by molar-refractivity contribution is 5.93. The normalized spacial score (nSPS) is 55.8. The van der Waals surface area contributed by atoms with E-state index in [0.29, 0.717) is 11.3 Å². The van der Waals surface area contributed by atoms with Crippen LogP contribution in [-0.2, 0) is 0 Å². The molecule has 0 heterocycles. The van der Waals surface area contributed by atoms with Crippen molar-refractivity contribution in [2.24, 2.45) is 34.5 Å². The number of aliphatic hydroxyl groups excluding tert-OH is 1. The van der Waals surface area contributed by atoms with Gasteiger partial charge in [0.1, 0.15) is 0 Å².